The van der Waals surface area contributed by atoms with Gasteiger partial charge >= 0.3 is 5.97 Å². The molecule has 0 saturated heterocycles. The van der Waals surface area contributed by atoms with Gasteiger partial charge in [-0.15, -0.1) is 11.8 Å². The third-order valence-corrected chi connectivity index (χ3v) is 4.59. The van der Waals surface area contributed by atoms with Gasteiger partial charge in [-0.2, -0.15) is 0 Å². The van der Waals surface area contributed by atoms with Gasteiger partial charge in [-0.3, -0.25) is 0 Å². The molecule has 1 aliphatic heterocycles. The Balaban J connectivity index is 1.82. The summed E-state index contributed by atoms with van der Waals surface area (Å²) < 4.78 is 11.0. The van der Waals surface area contributed by atoms with Crippen molar-refractivity contribution in [2.24, 2.45) is 0 Å². The average molecular weight is 300 g/mol. The minimum absolute atomic E-state index is 0.0802. The maximum absolute atomic E-state index is 12.1. The van der Waals surface area contributed by atoms with Crippen molar-refractivity contribution in [1.29, 1.82) is 0 Å². The maximum atomic E-state index is 12.1. The van der Waals surface area contributed by atoms with Gasteiger partial charge in [0.25, 0.3) is 0 Å². The van der Waals surface area contributed by atoms with Crippen LogP contribution in [-0.4, -0.2) is 18.8 Å². The number of fused-ring (bicyclic) bond motifs is 1. The number of methoxy groups -OCH3 is 1. The van der Waals surface area contributed by atoms with Gasteiger partial charge in [0.05, 0.1) is 11.7 Å². The van der Waals surface area contributed by atoms with Crippen molar-refractivity contribution >= 4 is 17.7 Å². The lowest BCUT2D eigenvalue weighted by atomic mass is 10.1. The van der Waals surface area contributed by atoms with E-state index in [-0.39, 0.29) is 12.1 Å². The first-order valence-corrected chi connectivity index (χ1v) is 7.83. The predicted octanol–water partition coefficient (Wildman–Crippen LogP) is 4.09. The van der Waals surface area contributed by atoms with E-state index in [1.54, 1.807) is 19.2 Å². The molecule has 0 N–H and O–H groups in total. The van der Waals surface area contributed by atoms with Crippen LogP contribution in [0.1, 0.15) is 28.4 Å². The van der Waals surface area contributed by atoms with E-state index in [2.05, 4.69) is 0 Å². The lowest BCUT2D eigenvalue weighted by Gasteiger charge is -2.24. The van der Waals surface area contributed by atoms with E-state index < -0.39 is 0 Å². The molecule has 3 rings (SSSR count). The zero-order valence-corrected chi connectivity index (χ0v) is 12.6. The number of carbonyl (C=O) groups is 1. The first kappa shape index (κ1) is 14.2. The van der Waals surface area contributed by atoms with Crippen LogP contribution < -0.4 is 4.74 Å². The van der Waals surface area contributed by atoms with Crippen molar-refractivity contribution in [3.05, 3.63) is 59.7 Å². The summed E-state index contributed by atoms with van der Waals surface area (Å²) in [6, 6.07) is 14.8. The van der Waals surface area contributed by atoms with Crippen molar-refractivity contribution < 1.29 is 14.3 Å². The van der Waals surface area contributed by atoms with Crippen LogP contribution in [0.4, 0.5) is 0 Å². The molecule has 0 fully saturated rings. The number of esters is 1. The van der Waals surface area contributed by atoms with Crippen LogP contribution in [0, 0.1) is 0 Å². The second-order valence-corrected chi connectivity index (χ2v) is 5.95. The molecule has 4 heteroatoms. The molecule has 0 radical (unpaired) electrons. The van der Waals surface area contributed by atoms with Gasteiger partial charge in [0.1, 0.15) is 5.75 Å². The molecule has 108 valence electrons. The van der Waals surface area contributed by atoms with Crippen molar-refractivity contribution in [3.8, 4) is 5.75 Å². The van der Waals surface area contributed by atoms with Crippen LogP contribution in [-0.2, 0) is 4.74 Å². The summed E-state index contributed by atoms with van der Waals surface area (Å²) in [5.41, 5.74) is 1.65. The Hall–Kier alpha value is -1.78. The Morgan fingerprint density at radius 3 is 2.76 bits per heavy atom. The second kappa shape index (κ2) is 6.33. The number of thioether (sulfide) groups is 1. The highest BCUT2D eigenvalue weighted by molar-refractivity contribution is 7.99. The third kappa shape index (κ3) is 3.12. The first-order valence-electron chi connectivity index (χ1n) is 6.84. The van der Waals surface area contributed by atoms with Gasteiger partial charge in [0, 0.05) is 17.8 Å². The summed E-state index contributed by atoms with van der Waals surface area (Å²) in [6.45, 7) is 0. The van der Waals surface area contributed by atoms with Gasteiger partial charge in [-0.05, 0) is 42.3 Å². The lowest BCUT2D eigenvalue weighted by molar-refractivity contribution is 0.0731. The number of ether oxygens (including phenoxy) is 2. The Labute approximate surface area is 128 Å². The van der Waals surface area contributed by atoms with E-state index in [9.17, 15) is 4.79 Å². The summed E-state index contributed by atoms with van der Waals surface area (Å²) in [4.78, 5) is 13.3. The highest BCUT2D eigenvalue weighted by Gasteiger charge is 2.21. The van der Waals surface area contributed by atoms with E-state index in [1.807, 2.05) is 48.2 Å². The molecule has 3 nitrogen and oxygen atoms in total. The molecule has 0 amide bonds. The van der Waals surface area contributed by atoms with Crippen molar-refractivity contribution in [2.45, 2.75) is 17.4 Å². The fourth-order valence-corrected chi connectivity index (χ4v) is 3.46. The summed E-state index contributed by atoms with van der Waals surface area (Å²) in [5, 5.41) is 0. The Morgan fingerprint density at radius 1 is 1.19 bits per heavy atom. The highest BCUT2D eigenvalue weighted by Crippen LogP contribution is 2.39. The van der Waals surface area contributed by atoms with E-state index in [0.717, 1.165) is 17.7 Å². The molecule has 2 aromatic carbocycles. The average Bonchev–Trinajstić information content (AvgIpc) is 2.55. The Kier molecular flexibility index (Phi) is 4.27. The summed E-state index contributed by atoms with van der Waals surface area (Å²) in [6.07, 6.45) is 1.06. The van der Waals surface area contributed by atoms with Crippen LogP contribution in [0.5, 0.6) is 5.75 Å². The molecular formula is C17H16O3S. The van der Waals surface area contributed by atoms with Gasteiger partial charge < -0.3 is 9.47 Å². The zero-order chi connectivity index (χ0) is 14.7. The highest BCUT2D eigenvalue weighted by atomic mass is 32.2. The molecule has 0 aromatic heterocycles. The van der Waals surface area contributed by atoms with Crippen molar-refractivity contribution in [2.75, 3.05) is 12.9 Å². The van der Waals surface area contributed by atoms with E-state index in [1.165, 1.54) is 4.90 Å². The topological polar surface area (TPSA) is 35.5 Å². The molecule has 1 unspecified atom stereocenters. The summed E-state index contributed by atoms with van der Waals surface area (Å²) in [5.74, 6) is 1.27. The van der Waals surface area contributed by atoms with Crippen LogP contribution in [0.15, 0.2) is 53.4 Å². The van der Waals surface area contributed by atoms with Crippen LogP contribution in [0.2, 0.25) is 0 Å². The Bertz CT molecular complexity index is 640. The third-order valence-electron chi connectivity index (χ3n) is 3.47. The first-order chi connectivity index (χ1) is 10.3. The fraction of sp³-hybridized carbons (Fsp3) is 0.235. The number of hydrogen-bond acceptors (Lipinski definition) is 4. The van der Waals surface area contributed by atoms with Gasteiger partial charge in [-0.25, -0.2) is 4.79 Å². The molecule has 1 heterocycles. The molecule has 1 atom stereocenters. The molecule has 0 spiro atoms. The quantitative estimate of drug-likeness (QED) is 0.632. The maximum Gasteiger partial charge on any atom is 0.343 e. The largest absolute Gasteiger partial charge is 0.423 e. The molecule has 0 saturated carbocycles. The predicted molar refractivity (Wildman–Crippen MR) is 82.9 cm³/mol. The molecule has 21 heavy (non-hydrogen) atoms. The molecular weight excluding hydrogens is 284 g/mol. The zero-order valence-electron chi connectivity index (χ0n) is 11.7. The van der Waals surface area contributed by atoms with Crippen LogP contribution in [0.3, 0.4) is 0 Å². The standard InChI is InChI=1S/C17H16O3S/c1-19-15-9-10-21-16-8-7-13(11-14(15)16)20-17(18)12-5-3-2-4-6-12/h2-8,11,15H,9-10H2,1H3. The van der Waals surface area contributed by atoms with Crippen LogP contribution >= 0.6 is 11.8 Å². The number of benzene rings is 2. The number of hydrogen-bond donors (Lipinski definition) is 0. The minimum Gasteiger partial charge on any atom is -0.423 e. The summed E-state index contributed by atoms with van der Waals surface area (Å²) in [7, 11) is 1.72. The summed E-state index contributed by atoms with van der Waals surface area (Å²) >= 11 is 1.81. The van der Waals surface area contributed by atoms with Crippen LogP contribution in [0.25, 0.3) is 0 Å². The SMILES string of the molecule is COC1CCSc2ccc(OC(=O)c3ccccc3)cc21. The monoisotopic (exact) mass is 300 g/mol. The molecule has 2 aromatic rings. The fourth-order valence-electron chi connectivity index (χ4n) is 2.39. The minimum atomic E-state index is -0.340. The number of rotatable bonds is 3. The molecule has 1 aliphatic rings. The van der Waals surface area contributed by atoms with Crippen molar-refractivity contribution in [1.82, 2.24) is 0 Å². The molecule has 0 aliphatic carbocycles. The van der Waals surface area contributed by atoms with Gasteiger partial charge in [-0.1, -0.05) is 18.2 Å². The Morgan fingerprint density at radius 2 is 2.00 bits per heavy atom. The van der Waals surface area contributed by atoms with E-state index >= 15 is 0 Å². The van der Waals surface area contributed by atoms with E-state index in [4.69, 9.17) is 9.47 Å². The number of carbonyl (C=O) groups excluding carboxylic acids is 1. The van der Waals surface area contributed by atoms with Gasteiger partial charge in [0.15, 0.2) is 0 Å². The normalized spacial score (nSPS) is 17.1. The van der Waals surface area contributed by atoms with Gasteiger partial charge in [0.2, 0.25) is 0 Å². The molecule has 0 bridgehead atoms. The lowest BCUT2D eigenvalue weighted by Crippen LogP contribution is -2.11. The smallest absolute Gasteiger partial charge is 0.343 e. The second-order valence-electron chi connectivity index (χ2n) is 4.82. The van der Waals surface area contributed by atoms with E-state index in [0.29, 0.717) is 11.3 Å². The van der Waals surface area contributed by atoms with Crippen molar-refractivity contribution in [3.63, 3.8) is 0 Å².